The van der Waals surface area contributed by atoms with Gasteiger partial charge in [-0.3, -0.25) is 9.59 Å². The zero-order chi connectivity index (χ0) is 16.1. The molecule has 1 aromatic carbocycles. The van der Waals surface area contributed by atoms with Gasteiger partial charge in [-0.05, 0) is 32.4 Å². The van der Waals surface area contributed by atoms with Crippen molar-refractivity contribution < 1.29 is 14.7 Å². The minimum atomic E-state index is -0.818. The van der Waals surface area contributed by atoms with Crippen molar-refractivity contribution in [1.29, 1.82) is 0 Å². The molecule has 0 bridgehead atoms. The Balaban J connectivity index is 2.10. The van der Waals surface area contributed by atoms with Gasteiger partial charge >= 0.3 is 5.97 Å². The van der Waals surface area contributed by atoms with Gasteiger partial charge in [-0.15, -0.1) is 11.8 Å². The SMILES string of the molecule is CC(C)=CCSc1ccccc1C(=O)N1CCC(C(=O)O)C1. The summed E-state index contributed by atoms with van der Waals surface area (Å²) in [6.45, 7) is 4.92. The molecule has 118 valence electrons. The molecule has 1 aliphatic heterocycles. The first-order valence-corrected chi connectivity index (χ1v) is 8.35. The monoisotopic (exact) mass is 319 g/mol. The molecule has 0 aliphatic carbocycles. The zero-order valence-electron chi connectivity index (χ0n) is 12.9. The second-order valence-electron chi connectivity index (χ2n) is 5.66. The van der Waals surface area contributed by atoms with E-state index in [0.29, 0.717) is 25.1 Å². The van der Waals surface area contributed by atoms with Crippen LogP contribution in [0.2, 0.25) is 0 Å². The van der Waals surface area contributed by atoms with E-state index in [0.717, 1.165) is 10.6 Å². The van der Waals surface area contributed by atoms with Crippen molar-refractivity contribution in [3.63, 3.8) is 0 Å². The zero-order valence-corrected chi connectivity index (χ0v) is 13.7. The maximum atomic E-state index is 12.6. The number of nitrogens with zero attached hydrogens (tertiary/aromatic N) is 1. The van der Waals surface area contributed by atoms with Gasteiger partial charge in [0.15, 0.2) is 0 Å². The number of amides is 1. The van der Waals surface area contributed by atoms with Crippen LogP contribution in [0.1, 0.15) is 30.6 Å². The predicted octanol–water partition coefficient (Wildman–Crippen LogP) is 3.29. The van der Waals surface area contributed by atoms with Crippen LogP contribution >= 0.6 is 11.8 Å². The molecule has 1 atom stereocenters. The van der Waals surface area contributed by atoms with E-state index in [4.69, 9.17) is 5.11 Å². The molecule has 0 radical (unpaired) electrons. The van der Waals surface area contributed by atoms with Crippen molar-refractivity contribution in [2.75, 3.05) is 18.8 Å². The van der Waals surface area contributed by atoms with E-state index >= 15 is 0 Å². The quantitative estimate of drug-likeness (QED) is 0.668. The van der Waals surface area contributed by atoms with Gasteiger partial charge < -0.3 is 10.0 Å². The average molecular weight is 319 g/mol. The third-order valence-electron chi connectivity index (χ3n) is 3.67. The Morgan fingerprint density at radius 3 is 2.73 bits per heavy atom. The van der Waals surface area contributed by atoms with Crippen molar-refractivity contribution in [3.8, 4) is 0 Å². The second-order valence-corrected chi connectivity index (χ2v) is 6.73. The molecule has 0 aromatic heterocycles. The van der Waals surface area contributed by atoms with Gasteiger partial charge in [0.2, 0.25) is 0 Å². The van der Waals surface area contributed by atoms with Crippen LogP contribution in [-0.2, 0) is 4.79 Å². The van der Waals surface area contributed by atoms with Crippen LogP contribution in [0, 0.1) is 5.92 Å². The summed E-state index contributed by atoms with van der Waals surface area (Å²) in [7, 11) is 0. The summed E-state index contributed by atoms with van der Waals surface area (Å²) in [5, 5.41) is 9.06. The predicted molar refractivity (Wildman–Crippen MR) is 88.2 cm³/mol. The maximum Gasteiger partial charge on any atom is 0.308 e. The van der Waals surface area contributed by atoms with Gasteiger partial charge in [-0.25, -0.2) is 0 Å². The highest BCUT2D eigenvalue weighted by Crippen LogP contribution is 2.26. The van der Waals surface area contributed by atoms with Crippen LogP contribution in [0.15, 0.2) is 40.8 Å². The number of carbonyl (C=O) groups is 2. The summed E-state index contributed by atoms with van der Waals surface area (Å²) >= 11 is 1.63. The number of carboxylic acids is 1. The van der Waals surface area contributed by atoms with E-state index in [1.807, 2.05) is 38.1 Å². The smallest absolute Gasteiger partial charge is 0.308 e. The number of allylic oxidation sites excluding steroid dienone is 1. The van der Waals surface area contributed by atoms with Gasteiger partial charge in [0.05, 0.1) is 11.5 Å². The van der Waals surface area contributed by atoms with Crippen molar-refractivity contribution in [2.45, 2.75) is 25.2 Å². The Kier molecular flexibility index (Phi) is 5.66. The molecule has 0 saturated carbocycles. The van der Waals surface area contributed by atoms with Crippen LogP contribution in [0.4, 0.5) is 0 Å². The Bertz CT molecular complexity index is 593. The Morgan fingerprint density at radius 2 is 2.09 bits per heavy atom. The first-order valence-electron chi connectivity index (χ1n) is 7.36. The third kappa shape index (κ3) is 4.13. The average Bonchev–Trinajstić information content (AvgIpc) is 2.97. The highest BCUT2D eigenvalue weighted by atomic mass is 32.2. The summed E-state index contributed by atoms with van der Waals surface area (Å²) in [6, 6.07) is 7.54. The molecule has 1 heterocycles. The lowest BCUT2D eigenvalue weighted by molar-refractivity contribution is -0.141. The Labute approximate surface area is 135 Å². The van der Waals surface area contributed by atoms with Gasteiger partial charge in [0.25, 0.3) is 5.91 Å². The van der Waals surface area contributed by atoms with E-state index in [1.54, 1.807) is 16.7 Å². The molecule has 1 N–H and O–H groups in total. The first kappa shape index (κ1) is 16.6. The highest BCUT2D eigenvalue weighted by molar-refractivity contribution is 7.99. The number of benzene rings is 1. The van der Waals surface area contributed by atoms with Crippen LogP contribution in [0.3, 0.4) is 0 Å². The molecular weight excluding hydrogens is 298 g/mol. The minimum Gasteiger partial charge on any atom is -0.481 e. The van der Waals surface area contributed by atoms with E-state index in [1.165, 1.54) is 5.57 Å². The Hall–Kier alpha value is -1.75. The van der Waals surface area contributed by atoms with Gasteiger partial charge in [0, 0.05) is 23.7 Å². The molecule has 5 heteroatoms. The van der Waals surface area contributed by atoms with E-state index in [2.05, 4.69) is 6.08 Å². The normalized spacial score (nSPS) is 17.4. The molecule has 1 saturated heterocycles. The molecular formula is C17H21NO3S. The van der Waals surface area contributed by atoms with Crippen molar-refractivity contribution >= 4 is 23.6 Å². The molecule has 4 nitrogen and oxygen atoms in total. The van der Waals surface area contributed by atoms with Crippen molar-refractivity contribution in [3.05, 3.63) is 41.5 Å². The lowest BCUT2D eigenvalue weighted by Crippen LogP contribution is -2.30. The Morgan fingerprint density at radius 1 is 1.36 bits per heavy atom. The molecule has 1 unspecified atom stereocenters. The number of likely N-dealkylation sites (tertiary alicyclic amines) is 1. The topological polar surface area (TPSA) is 57.6 Å². The van der Waals surface area contributed by atoms with Crippen LogP contribution < -0.4 is 0 Å². The molecule has 1 amide bonds. The largest absolute Gasteiger partial charge is 0.481 e. The second kappa shape index (κ2) is 7.49. The fourth-order valence-electron chi connectivity index (χ4n) is 2.38. The molecule has 22 heavy (non-hydrogen) atoms. The number of thioether (sulfide) groups is 1. The van der Waals surface area contributed by atoms with Crippen LogP contribution in [0.5, 0.6) is 0 Å². The van der Waals surface area contributed by atoms with Gasteiger partial charge in [-0.2, -0.15) is 0 Å². The van der Waals surface area contributed by atoms with E-state index < -0.39 is 11.9 Å². The number of aliphatic carboxylic acids is 1. The molecule has 0 spiro atoms. The van der Waals surface area contributed by atoms with Crippen molar-refractivity contribution in [1.82, 2.24) is 4.90 Å². The van der Waals surface area contributed by atoms with Gasteiger partial charge in [0.1, 0.15) is 0 Å². The standard InChI is InChI=1S/C17H21NO3S/c1-12(2)8-10-22-15-6-4-3-5-14(15)16(19)18-9-7-13(11-18)17(20)21/h3-6,8,13H,7,9-11H2,1-2H3,(H,20,21). The number of hydrogen-bond donors (Lipinski definition) is 1. The van der Waals surface area contributed by atoms with E-state index in [-0.39, 0.29) is 5.91 Å². The fraction of sp³-hybridized carbons (Fsp3) is 0.412. The molecule has 1 aromatic rings. The minimum absolute atomic E-state index is 0.0657. The molecule has 1 aliphatic rings. The summed E-state index contributed by atoms with van der Waals surface area (Å²) in [5.41, 5.74) is 1.92. The highest BCUT2D eigenvalue weighted by Gasteiger charge is 2.31. The van der Waals surface area contributed by atoms with Gasteiger partial charge in [-0.1, -0.05) is 23.8 Å². The maximum absolute atomic E-state index is 12.6. The van der Waals surface area contributed by atoms with Crippen LogP contribution in [0.25, 0.3) is 0 Å². The number of rotatable bonds is 5. The third-order valence-corrected chi connectivity index (χ3v) is 4.67. The molecule has 1 fully saturated rings. The molecule has 2 rings (SSSR count). The first-order chi connectivity index (χ1) is 10.5. The number of hydrogen-bond acceptors (Lipinski definition) is 3. The lowest BCUT2D eigenvalue weighted by atomic mass is 10.1. The number of carbonyl (C=O) groups excluding carboxylic acids is 1. The van der Waals surface area contributed by atoms with Crippen molar-refractivity contribution in [2.24, 2.45) is 5.92 Å². The summed E-state index contributed by atoms with van der Waals surface area (Å²) in [4.78, 5) is 26.3. The summed E-state index contributed by atoms with van der Waals surface area (Å²) in [6.07, 6.45) is 2.66. The number of carboxylic acid groups (broad SMARTS) is 1. The fourth-order valence-corrected chi connectivity index (χ4v) is 3.47. The van der Waals surface area contributed by atoms with Crippen LogP contribution in [-0.4, -0.2) is 40.7 Å². The summed E-state index contributed by atoms with van der Waals surface area (Å²) < 4.78 is 0. The lowest BCUT2D eigenvalue weighted by Gasteiger charge is -2.17. The summed E-state index contributed by atoms with van der Waals surface area (Å²) in [5.74, 6) is -0.496. The van der Waals surface area contributed by atoms with E-state index in [9.17, 15) is 9.59 Å².